The van der Waals surface area contributed by atoms with Crippen molar-refractivity contribution in [3.8, 4) is 0 Å². The average molecular weight is 400 g/mol. The van der Waals surface area contributed by atoms with Crippen LogP contribution in [0, 0.1) is 11.8 Å². The van der Waals surface area contributed by atoms with Crippen molar-refractivity contribution in [2.45, 2.75) is 46.0 Å². The van der Waals surface area contributed by atoms with Gasteiger partial charge >= 0.3 is 0 Å². The van der Waals surface area contributed by atoms with Gasteiger partial charge in [-0.05, 0) is 68.2 Å². The van der Waals surface area contributed by atoms with Gasteiger partial charge in [-0.2, -0.15) is 0 Å². The number of likely N-dealkylation sites (tertiary alicyclic amines) is 1. The highest BCUT2D eigenvalue weighted by Crippen LogP contribution is 2.33. The van der Waals surface area contributed by atoms with E-state index in [1.165, 1.54) is 25.1 Å². The number of aryl methyl sites for hydroxylation is 1. The van der Waals surface area contributed by atoms with E-state index < -0.39 is 0 Å². The Hall–Kier alpha value is -1.65. The molecule has 1 fully saturated rings. The fourth-order valence-corrected chi connectivity index (χ4v) is 5.29. The SMILES string of the molecule is CC1CC(C)CN(CCCNC(=O)c2ccc3c(Cl)c4c(nc3c2)CCC4)C1. The second-order valence-corrected chi connectivity index (χ2v) is 9.13. The van der Waals surface area contributed by atoms with Crippen molar-refractivity contribution in [1.82, 2.24) is 15.2 Å². The van der Waals surface area contributed by atoms with Gasteiger partial charge in [-0.15, -0.1) is 0 Å². The summed E-state index contributed by atoms with van der Waals surface area (Å²) in [4.78, 5) is 19.9. The predicted molar refractivity (Wildman–Crippen MR) is 115 cm³/mol. The number of hydrogen-bond acceptors (Lipinski definition) is 3. The van der Waals surface area contributed by atoms with E-state index in [1.54, 1.807) is 0 Å². The number of fused-ring (bicyclic) bond motifs is 2. The molecule has 5 heteroatoms. The number of rotatable bonds is 5. The zero-order chi connectivity index (χ0) is 19.7. The number of carbonyl (C=O) groups is 1. The van der Waals surface area contributed by atoms with Crippen molar-refractivity contribution in [2.75, 3.05) is 26.2 Å². The van der Waals surface area contributed by atoms with Gasteiger partial charge in [-0.25, -0.2) is 0 Å². The molecule has 1 N–H and O–H groups in total. The Balaban J connectivity index is 1.35. The van der Waals surface area contributed by atoms with Gasteiger partial charge in [-0.3, -0.25) is 9.78 Å². The van der Waals surface area contributed by atoms with E-state index in [-0.39, 0.29) is 5.91 Å². The topological polar surface area (TPSA) is 45.2 Å². The molecule has 2 aromatic rings. The molecule has 2 unspecified atom stereocenters. The molecule has 1 saturated heterocycles. The summed E-state index contributed by atoms with van der Waals surface area (Å²) in [5.74, 6) is 1.52. The first-order chi connectivity index (χ1) is 13.5. The normalized spacial score (nSPS) is 22.4. The molecule has 0 saturated carbocycles. The smallest absolute Gasteiger partial charge is 0.251 e. The van der Waals surface area contributed by atoms with Gasteiger partial charge in [0.1, 0.15) is 0 Å². The van der Waals surface area contributed by atoms with E-state index in [9.17, 15) is 4.79 Å². The van der Waals surface area contributed by atoms with Crippen LogP contribution in [0.1, 0.15) is 54.7 Å². The van der Waals surface area contributed by atoms with Gasteiger partial charge in [0, 0.05) is 36.3 Å². The van der Waals surface area contributed by atoms with Crippen LogP contribution in [-0.4, -0.2) is 42.0 Å². The van der Waals surface area contributed by atoms with Gasteiger partial charge in [-0.1, -0.05) is 31.5 Å². The van der Waals surface area contributed by atoms with Crippen LogP contribution in [0.25, 0.3) is 10.9 Å². The molecule has 150 valence electrons. The number of hydrogen-bond donors (Lipinski definition) is 1. The van der Waals surface area contributed by atoms with Gasteiger partial charge < -0.3 is 10.2 Å². The molecular weight excluding hydrogens is 370 g/mol. The molecule has 4 rings (SSSR count). The molecule has 1 aliphatic carbocycles. The number of nitrogens with one attached hydrogen (secondary N) is 1. The van der Waals surface area contributed by atoms with E-state index in [2.05, 4.69) is 24.1 Å². The molecule has 1 aromatic carbocycles. The van der Waals surface area contributed by atoms with Gasteiger partial charge in [0.15, 0.2) is 0 Å². The van der Waals surface area contributed by atoms with Crippen LogP contribution in [0.4, 0.5) is 0 Å². The Morgan fingerprint density at radius 2 is 2.04 bits per heavy atom. The maximum Gasteiger partial charge on any atom is 0.251 e. The van der Waals surface area contributed by atoms with Crippen LogP contribution in [-0.2, 0) is 12.8 Å². The molecule has 1 aromatic heterocycles. The van der Waals surface area contributed by atoms with Crippen molar-refractivity contribution in [3.63, 3.8) is 0 Å². The summed E-state index contributed by atoms with van der Waals surface area (Å²) in [5.41, 5.74) is 3.77. The highest BCUT2D eigenvalue weighted by atomic mass is 35.5. The standard InChI is InChI=1S/C23H30ClN3O/c1-15-11-16(2)14-27(13-15)10-4-9-25-23(28)17-7-8-19-21(12-17)26-20-6-3-5-18(20)22(19)24/h7-8,12,15-16H,3-6,9-11,13-14H2,1-2H3,(H,25,28). The summed E-state index contributed by atoms with van der Waals surface area (Å²) in [6.07, 6.45) is 5.41. The molecule has 1 aliphatic heterocycles. The number of pyridine rings is 1. The van der Waals surface area contributed by atoms with Crippen LogP contribution < -0.4 is 5.32 Å². The predicted octanol–water partition coefficient (Wildman–Crippen LogP) is 4.47. The van der Waals surface area contributed by atoms with Crippen LogP contribution in [0.15, 0.2) is 18.2 Å². The summed E-state index contributed by atoms with van der Waals surface area (Å²) in [6, 6.07) is 5.68. The van der Waals surface area contributed by atoms with E-state index in [1.807, 2.05) is 18.2 Å². The van der Waals surface area contributed by atoms with Gasteiger partial charge in [0.05, 0.1) is 10.5 Å². The number of aromatic nitrogens is 1. The van der Waals surface area contributed by atoms with Gasteiger partial charge in [0.25, 0.3) is 5.91 Å². The molecule has 0 radical (unpaired) electrons. The lowest BCUT2D eigenvalue weighted by molar-refractivity contribution is 0.0947. The Kier molecular flexibility index (Phi) is 5.88. The lowest BCUT2D eigenvalue weighted by atomic mass is 9.92. The molecular formula is C23H30ClN3O. The minimum Gasteiger partial charge on any atom is -0.352 e. The molecule has 0 spiro atoms. The zero-order valence-electron chi connectivity index (χ0n) is 16.9. The zero-order valence-corrected chi connectivity index (χ0v) is 17.7. The summed E-state index contributed by atoms with van der Waals surface area (Å²) in [7, 11) is 0. The minimum atomic E-state index is -0.0271. The van der Waals surface area contributed by atoms with E-state index >= 15 is 0 Å². The van der Waals surface area contributed by atoms with Gasteiger partial charge in [0.2, 0.25) is 0 Å². The van der Waals surface area contributed by atoms with E-state index in [0.717, 1.165) is 65.7 Å². The number of carbonyl (C=O) groups excluding carboxylic acids is 1. The average Bonchev–Trinajstić information content (AvgIpc) is 3.13. The lowest BCUT2D eigenvalue weighted by Gasteiger charge is -2.34. The highest BCUT2D eigenvalue weighted by molar-refractivity contribution is 6.36. The molecule has 1 amide bonds. The summed E-state index contributed by atoms with van der Waals surface area (Å²) < 4.78 is 0. The third-order valence-electron chi connectivity index (χ3n) is 6.09. The third-order valence-corrected chi connectivity index (χ3v) is 6.52. The van der Waals surface area contributed by atoms with Crippen LogP contribution in [0.2, 0.25) is 5.02 Å². The maximum absolute atomic E-state index is 12.6. The first-order valence-electron chi connectivity index (χ1n) is 10.6. The Labute approximate surface area is 172 Å². The summed E-state index contributed by atoms with van der Waals surface area (Å²) in [5, 5.41) is 4.83. The largest absolute Gasteiger partial charge is 0.352 e. The van der Waals surface area contributed by atoms with Crippen molar-refractivity contribution >= 4 is 28.4 Å². The molecule has 2 aliphatic rings. The molecule has 2 heterocycles. The van der Waals surface area contributed by atoms with E-state index in [0.29, 0.717) is 12.1 Å². The van der Waals surface area contributed by atoms with Crippen LogP contribution >= 0.6 is 11.6 Å². The van der Waals surface area contributed by atoms with Crippen molar-refractivity contribution in [3.05, 3.63) is 40.0 Å². The minimum absolute atomic E-state index is 0.0271. The number of halogens is 1. The molecule has 2 atom stereocenters. The number of benzene rings is 1. The van der Waals surface area contributed by atoms with Crippen LogP contribution in [0.5, 0.6) is 0 Å². The second kappa shape index (κ2) is 8.38. The van der Waals surface area contributed by atoms with E-state index in [4.69, 9.17) is 16.6 Å². The third kappa shape index (κ3) is 4.18. The highest BCUT2D eigenvalue weighted by Gasteiger charge is 2.21. The molecule has 28 heavy (non-hydrogen) atoms. The molecule has 0 bridgehead atoms. The van der Waals surface area contributed by atoms with Crippen molar-refractivity contribution in [2.24, 2.45) is 11.8 Å². The fraction of sp³-hybridized carbons (Fsp3) is 0.565. The molecule has 4 nitrogen and oxygen atoms in total. The fourth-order valence-electron chi connectivity index (χ4n) is 4.93. The number of nitrogens with zero attached hydrogens (tertiary/aromatic N) is 2. The quantitative estimate of drug-likeness (QED) is 0.754. The van der Waals surface area contributed by atoms with Crippen LogP contribution in [0.3, 0.4) is 0 Å². The number of piperidine rings is 1. The summed E-state index contributed by atoms with van der Waals surface area (Å²) >= 11 is 6.57. The number of amides is 1. The monoisotopic (exact) mass is 399 g/mol. The first-order valence-corrected chi connectivity index (χ1v) is 11.0. The maximum atomic E-state index is 12.6. The Morgan fingerprint density at radius 1 is 1.25 bits per heavy atom. The first kappa shape index (κ1) is 19.7. The lowest BCUT2D eigenvalue weighted by Crippen LogP contribution is -2.40. The second-order valence-electron chi connectivity index (χ2n) is 8.75. The van der Waals surface area contributed by atoms with Crippen molar-refractivity contribution in [1.29, 1.82) is 0 Å². The summed E-state index contributed by atoms with van der Waals surface area (Å²) in [6.45, 7) is 8.78. The van der Waals surface area contributed by atoms with Crippen molar-refractivity contribution < 1.29 is 4.79 Å². The Bertz CT molecular complexity index is 872. The Morgan fingerprint density at radius 3 is 2.82 bits per heavy atom.